The van der Waals surface area contributed by atoms with Gasteiger partial charge in [-0.25, -0.2) is 4.98 Å². The third-order valence-corrected chi connectivity index (χ3v) is 6.39. The molecule has 2 aromatic carbocycles. The van der Waals surface area contributed by atoms with Crippen molar-refractivity contribution in [2.24, 2.45) is 0 Å². The van der Waals surface area contributed by atoms with Gasteiger partial charge in [0, 0.05) is 5.02 Å². The molecule has 0 saturated carbocycles. The summed E-state index contributed by atoms with van der Waals surface area (Å²) in [5.74, 6) is 0.463. The monoisotopic (exact) mass is 452 g/mol. The summed E-state index contributed by atoms with van der Waals surface area (Å²) in [6.45, 7) is 5.25. The Balaban J connectivity index is 1.40. The van der Waals surface area contributed by atoms with Crippen LogP contribution < -0.4 is 10.9 Å². The van der Waals surface area contributed by atoms with Crippen molar-refractivity contribution in [2.45, 2.75) is 52.1 Å². The number of hydrogen-bond donors (Lipinski definition) is 2. The minimum atomic E-state index is -0.205. The third-order valence-electron chi connectivity index (χ3n) is 6.16. The molecule has 0 unspecified atom stereocenters. The number of carbonyl (C=O) groups is 1. The van der Waals surface area contributed by atoms with Crippen LogP contribution in [0.2, 0.25) is 5.02 Å². The lowest BCUT2D eigenvalue weighted by molar-refractivity contribution is -0.123. The van der Waals surface area contributed by atoms with E-state index in [2.05, 4.69) is 33.5 Å². The molecule has 7 heteroatoms. The second kappa shape index (κ2) is 9.84. The molecule has 1 aliphatic rings. The molecule has 0 aliphatic heterocycles. The van der Waals surface area contributed by atoms with Gasteiger partial charge in [-0.2, -0.15) is 0 Å². The quantitative estimate of drug-likeness (QED) is 0.564. The van der Waals surface area contributed by atoms with Crippen LogP contribution in [0.15, 0.2) is 41.2 Å². The first-order valence-electron chi connectivity index (χ1n) is 11.2. The van der Waals surface area contributed by atoms with Crippen LogP contribution in [0.5, 0.6) is 0 Å². The Morgan fingerprint density at radius 3 is 2.75 bits per heavy atom. The summed E-state index contributed by atoms with van der Waals surface area (Å²) in [6.07, 6.45) is 4.77. The SMILES string of the molecule is CCN(CC(=O)N[C@H](C)c1ccc2c(c1)CCCC2)Cc1nc2cc(Cl)ccc2c(=O)[nH]1. The van der Waals surface area contributed by atoms with E-state index >= 15 is 0 Å². The lowest BCUT2D eigenvalue weighted by Gasteiger charge is -2.23. The summed E-state index contributed by atoms with van der Waals surface area (Å²) in [4.78, 5) is 34.4. The molecule has 1 aliphatic carbocycles. The fourth-order valence-electron chi connectivity index (χ4n) is 4.32. The predicted octanol–water partition coefficient (Wildman–Crippen LogP) is 4.15. The van der Waals surface area contributed by atoms with Gasteiger partial charge in [-0.3, -0.25) is 14.5 Å². The van der Waals surface area contributed by atoms with Crippen molar-refractivity contribution in [1.82, 2.24) is 20.2 Å². The molecule has 0 fully saturated rings. The number of nitrogens with zero attached hydrogens (tertiary/aromatic N) is 2. The number of halogens is 1. The molecule has 1 aromatic heterocycles. The zero-order valence-electron chi connectivity index (χ0n) is 18.6. The van der Waals surface area contributed by atoms with E-state index in [9.17, 15) is 9.59 Å². The van der Waals surface area contributed by atoms with Crippen molar-refractivity contribution in [3.8, 4) is 0 Å². The summed E-state index contributed by atoms with van der Waals surface area (Å²) >= 11 is 6.05. The summed E-state index contributed by atoms with van der Waals surface area (Å²) in [5.41, 5.74) is 4.34. The Kier molecular flexibility index (Phi) is 6.92. The fourth-order valence-corrected chi connectivity index (χ4v) is 4.49. The van der Waals surface area contributed by atoms with E-state index in [0.29, 0.717) is 34.8 Å². The van der Waals surface area contributed by atoms with E-state index in [4.69, 9.17) is 11.6 Å². The van der Waals surface area contributed by atoms with Crippen LogP contribution >= 0.6 is 11.6 Å². The Bertz CT molecular complexity index is 1190. The first kappa shape index (κ1) is 22.5. The number of rotatable bonds is 7. The number of likely N-dealkylation sites (N-methyl/N-ethyl adjacent to an activating group) is 1. The summed E-state index contributed by atoms with van der Waals surface area (Å²) in [5, 5.41) is 4.14. The van der Waals surface area contributed by atoms with Crippen LogP contribution in [0.4, 0.5) is 0 Å². The van der Waals surface area contributed by atoms with Crippen molar-refractivity contribution in [3.05, 3.63) is 74.3 Å². The maximum absolute atomic E-state index is 12.7. The molecule has 0 saturated heterocycles. The van der Waals surface area contributed by atoms with Gasteiger partial charge in [0.2, 0.25) is 5.91 Å². The number of aromatic nitrogens is 2. The second-order valence-corrected chi connectivity index (χ2v) is 8.94. The molecule has 168 valence electrons. The highest BCUT2D eigenvalue weighted by molar-refractivity contribution is 6.31. The Morgan fingerprint density at radius 1 is 1.19 bits per heavy atom. The molecule has 1 heterocycles. The number of H-pyrrole nitrogens is 1. The molecule has 0 spiro atoms. The van der Waals surface area contributed by atoms with Gasteiger partial charge in [0.15, 0.2) is 0 Å². The molecular weight excluding hydrogens is 424 g/mol. The van der Waals surface area contributed by atoms with E-state index in [-0.39, 0.29) is 24.1 Å². The minimum Gasteiger partial charge on any atom is -0.348 e. The molecule has 0 radical (unpaired) electrons. The fraction of sp³-hybridized carbons (Fsp3) is 0.400. The molecule has 6 nitrogen and oxygen atoms in total. The lowest BCUT2D eigenvalue weighted by Crippen LogP contribution is -2.38. The molecule has 1 amide bonds. The summed E-state index contributed by atoms with van der Waals surface area (Å²) < 4.78 is 0. The molecule has 0 bridgehead atoms. The highest BCUT2D eigenvalue weighted by Crippen LogP contribution is 2.24. The largest absolute Gasteiger partial charge is 0.348 e. The van der Waals surface area contributed by atoms with Gasteiger partial charge < -0.3 is 10.3 Å². The Morgan fingerprint density at radius 2 is 1.97 bits per heavy atom. The zero-order valence-corrected chi connectivity index (χ0v) is 19.3. The van der Waals surface area contributed by atoms with Crippen LogP contribution in [-0.4, -0.2) is 33.9 Å². The molecule has 3 aromatic rings. The predicted molar refractivity (Wildman–Crippen MR) is 128 cm³/mol. The summed E-state index contributed by atoms with van der Waals surface area (Å²) in [6, 6.07) is 11.5. The van der Waals surface area contributed by atoms with E-state index in [1.165, 1.54) is 24.0 Å². The van der Waals surface area contributed by atoms with Gasteiger partial charge >= 0.3 is 0 Å². The van der Waals surface area contributed by atoms with Gasteiger partial charge in [-0.05, 0) is 74.0 Å². The highest BCUT2D eigenvalue weighted by atomic mass is 35.5. The Hall–Kier alpha value is -2.70. The van der Waals surface area contributed by atoms with Gasteiger partial charge in [0.25, 0.3) is 5.56 Å². The maximum Gasteiger partial charge on any atom is 0.258 e. The van der Waals surface area contributed by atoms with Gasteiger partial charge in [0.05, 0.1) is 30.0 Å². The van der Waals surface area contributed by atoms with Gasteiger partial charge in [-0.1, -0.05) is 36.7 Å². The van der Waals surface area contributed by atoms with Crippen molar-refractivity contribution >= 4 is 28.4 Å². The molecule has 4 rings (SSSR count). The summed E-state index contributed by atoms with van der Waals surface area (Å²) in [7, 11) is 0. The second-order valence-electron chi connectivity index (χ2n) is 8.50. The van der Waals surface area contributed by atoms with E-state index < -0.39 is 0 Å². The van der Waals surface area contributed by atoms with E-state index in [0.717, 1.165) is 18.4 Å². The number of aryl methyl sites for hydroxylation is 2. The number of carbonyl (C=O) groups excluding carboxylic acids is 1. The third kappa shape index (κ3) is 5.19. The molecule has 1 atom stereocenters. The first-order chi connectivity index (χ1) is 15.4. The average molecular weight is 453 g/mol. The standard InChI is InChI=1S/C25H29ClN4O2/c1-3-30(14-23-28-22-13-20(26)10-11-21(22)25(32)29-23)15-24(31)27-16(2)18-9-8-17-6-4-5-7-19(17)12-18/h8-13,16H,3-7,14-15H2,1-2H3,(H,27,31)(H,28,29,32)/t16-/m1/s1. The van der Waals surface area contributed by atoms with Crippen LogP contribution in [0.25, 0.3) is 10.9 Å². The minimum absolute atomic E-state index is 0.0525. The number of hydrogen-bond acceptors (Lipinski definition) is 4. The van der Waals surface area contributed by atoms with Crippen LogP contribution in [-0.2, 0) is 24.2 Å². The number of benzene rings is 2. The Labute approximate surface area is 193 Å². The van der Waals surface area contributed by atoms with Crippen molar-refractivity contribution in [2.75, 3.05) is 13.1 Å². The van der Waals surface area contributed by atoms with Gasteiger partial charge in [-0.15, -0.1) is 0 Å². The average Bonchev–Trinajstić information content (AvgIpc) is 2.77. The molecular formula is C25H29ClN4O2. The van der Waals surface area contributed by atoms with Gasteiger partial charge in [0.1, 0.15) is 5.82 Å². The van der Waals surface area contributed by atoms with Crippen LogP contribution in [0, 0.1) is 0 Å². The maximum atomic E-state index is 12.7. The topological polar surface area (TPSA) is 78.1 Å². The number of fused-ring (bicyclic) bond motifs is 2. The number of aromatic amines is 1. The lowest BCUT2D eigenvalue weighted by atomic mass is 9.89. The van der Waals surface area contributed by atoms with E-state index in [1.54, 1.807) is 18.2 Å². The molecule has 32 heavy (non-hydrogen) atoms. The smallest absolute Gasteiger partial charge is 0.258 e. The zero-order chi connectivity index (χ0) is 22.7. The normalized spacial score (nSPS) is 14.4. The number of amides is 1. The van der Waals surface area contributed by atoms with Crippen molar-refractivity contribution < 1.29 is 4.79 Å². The first-order valence-corrected chi connectivity index (χ1v) is 11.6. The van der Waals surface area contributed by atoms with Crippen LogP contribution in [0.1, 0.15) is 55.2 Å². The van der Waals surface area contributed by atoms with Crippen molar-refractivity contribution in [3.63, 3.8) is 0 Å². The molecule has 2 N–H and O–H groups in total. The van der Waals surface area contributed by atoms with Crippen LogP contribution in [0.3, 0.4) is 0 Å². The van der Waals surface area contributed by atoms with Crippen molar-refractivity contribution in [1.29, 1.82) is 0 Å². The number of nitrogens with one attached hydrogen (secondary N) is 2. The highest BCUT2D eigenvalue weighted by Gasteiger charge is 2.17. The van der Waals surface area contributed by atoms with E-state index in [1.807, 2.05) is 18.7 Å².